The van der Waals surface area contributed by atoms with Gasteiger partial charge < -0.3 is 88.4 Å². The lowest BCUT2D eigenvalue weighted by atomic mass is 9.98. The van der Waals surface area contributed by atoms with Gasteiger partial charge in [0.2, 0.25) is 82.7 Å². The van der Waals surface area contributed by atoms with E-state index in [9.17, 15) is 61.7 Å². The van der Waals surface area contributed by atoms with Gasteiger partial charge in [-0.05, 0) is 101 Å². The van der Waals surface area contributed by atoms with E-state index in [-0.39, 0.29) is 61.9 Å². The number of nitrogens with two attached hydrogens (primary N) is 1. The first-order valence-corrected chi connectivity index (χ1v) is 44.1. The van der Waals surface area contributed by atoms with Crippen molar-refractivity contribution in [1.82, 2.24) is 72.4 Å². The fraction of sp³-hybridized carbons (Fsp3) is 0.419. The van der Waals surface area contributed by atoms with E-state index in [1.165, 1.54) is 57.4 Å². The van der Waals surface area contributed by atoms with Gasteiger partial charge in [0.25, 0.3) is 5.91 Å². The maximum Gasteiger partial charge on any atom is 0.416 e. The average Bonchev–Trinajstić information content (AvgIpc) is 1.66. The number of unbranched alkanes of at least 4 members (excludes halogenated alkanes) is 1. The Morgan fingerprint density at radius 3 is 1.66 bits per heavy atom. The summed E-state index contributed by atoms with van der Waals surface area (Å²) in [6.45, 7) is 5.87. The van der Waals surface area contributed by atoms with Crippen molar-refractivity contribution in [3.05, 3.63) is 203 Å². The summed E-state index contributed by atoms with van der Waals surface area (Å²) >= 11 is 0.782. The number of carbonyl (C=O) groups excluding carboxylic acids is 15. The number of carboxylic acids is 1. The van der Waals surface area contributed by atoms with Crippen molar-refractivity contribution in [2.75, 3.05) is 64.2 Å². The number of carboxylic acid groups (broad SMARTS) is 1. The van der Waals surface area contributed by atoms with E-state index in [1.54, 1.807) is 143 Å². The van der Waals surface area contributed by atoms with Gasteiger partial charge in [-0.2, -0.15) is 13.2 Å². The predicted octanol–water partition coefficient (Wildman–Crippen LogP) is 3.53. The lowest BCUT2D eigenvalue weighted by molar-refractivity contribution is -0.145. The minimum atomic E-state index is -4.81. The number of likely N-dealkylation sites (N-methyl/N-ethyl adjacent to an activating group) is 4. The average molecular weight is 1830 g/mol. The van der Waals surface area contributed by atoms with Crippen LogP contribution in [0.3, 0.4) is 0 Å². The fourth-order valence-corrected chi connectivity index (χ4v) is 16.3. The molecule has 2 aliphatic heterocycles. The Kier molecular flexibility index (Phi) is 36.3. The molecule has 6 aromatic carbocycles. The van der Waals surface area contributed by atoms with E-state index in [1.807, 2.05) is 6.92 Å². The summed E-state index contributed by atoms with van der Waals surface area (Å²) in [5.74, 6) is -18.3. The molecule has 4 bridgehead atoms. The van der Waals surface area contributed by atoms with Crippen LogP contribution < -0.4 is 58.5 Å². The Hall–Kier alpha value is -13.7. The predicted molar refractivity (Wildman–Crippen MR) is 480 cm³/mol. The summed E-state index contributed by atoms with van der Waals surface area (Å²) in [6, 6.07) is 21.9. The normalized spacial score (nSPS) is 22.1. The maximum absolute atomic E-state index is 15.7. The molecule has 38 heteroatoms. The number of phenols is 1. The third-order valence-electron chi connectivity index (χ3n) is 22.5. The van der Waals surface area contributed by atoms with Gasteiger partial charge in [0.15, 0.2) is 0 Å². The summed E-state index contributed by atoms with van der Waals surface area (Å²) < 4.78 is 42.4. The van der Waals surface area contributed by atoms with Crippen molar-refractivity contribution in [2.24, 2.45) is 17.6 Å². The number of anilines is 1. The number of hydrogen-bond acceptors (Lipinski definition) is 18. The summed E-state index contributed by atoms with van der Waals surface area (Å²) in [5, 5.41) is 44.7. The van der Waals surface area contributed by atoms with Gasteiger partial charge in [-0.1, -0.05) is 163 Å². The highest BCUT2D eigenvalue weighted by atomic mass is 32.2. The lowest BCUT2D eigenvalue weighted by Gasteiger charge is -2.37. The van der Waals surface area contributed by atoms with E-state index >= 15 is 38.4 Å². The zero-order chi connectivity index (χ0) is 95.7. The highest BCUT2D eigenvalue weighted by Crippen LogP contribution is 2.32. The molecule has 1 aromatic heterocycles. The number of hydrogen-bond donors (Lipinski definition) is 13. The molecule has 15 amide bonds. The summed E-state index contributed by atoms with van der Waals surface area (Å²) in [7, 11) is 5.08. The third kappa shape index (κ3) is 28.9. The quantitative estimate of drug-likeness (QED) is 0.0489. The number of benzene rings is 6. The number of phenolic OH excluding ortho intramolecular Hbond substituents is 1. The van der Waals surface area contributed by atoms with Crippen LogP contribution in [0.2, 0.25) is 0 Å². The second-order valence-electron chi connectivity index (χ2n) is 33.5. The largest absolute Gasteiger partial charge is 0.508 e. The number of para-hydroxylation sites is 1. The molecule has 11 atom stereocenters. The van der Waals surface area contributed by atoms with Crippen LogP contribution in [-0.2, 0) is 121 Å². The molecule has 700 valence electrons. The number of aliphatic carboxylic acids is 1. The van der Waals surface area contributed by atoms with Crippen molar-refractivity contribution in [2.45, 2.75) is 178 Å². The van der Waals surface area contributed by atoms with Crippen molar-refractivity contribution in [3.8, 4) is 5.75 Å². The summed E-state index contributed by atoms with van der Waals surface area (Å²) in [5.41, 5.74) is 7.68. The van der Waals surface area contributed by atoms with Gasteiger partial charge in [-0.3, -0.25) is 81.6 Å². The molecule has 34 nitrogen and oxygen atoms in total. The van der Waals surface area contributed by atoms with Crippen LogP contribution in [0, 0.1) is 11.8 Å². The molecule has 0 spiro atoms. The first-order valence-electron chi connectivity index (χ1n) is 42.9. The molecular weight excluding hydrogens is 1720 g/mol. The molecule has 3 heterocycles. The smallest absolute Gasteiger partial charge is 0.416 e. The highest BCUT2D eigenvalue weighted by molar-refractivity contribution is 8.00. The van der Waals surface area contributed by atoms with E-state index in [0.29, 0.717) is 51.6 Å². The maximum atomic E-state index is 15.7. The van der Waals surface area contributed by atoms with Gasteiger partial charge in [0.05, 0.1) is 37.4 Å². The van der Waals surface area contributed by atoms with E-state index in [0.717, 1.165) is 55.6 Å². The van der Waals surface area contributed by atoms with Crippen LogP contribution in [0.4, 0.5) is 18.9 Å². The molecule has 0 unspecified atom stereocenters. The van der Waals surface area contributed by atoms with E-state index in [4.69, 9.17) is 5.73 Å². The van der Waals surface area contributed by atoms with Crippen LogP contribution in [0.5, 0.6) is 5.75 Å². The molecule has 0 radical (unpaired) electrons. The standard InChI is InChI=1S/C93H113F3N16O18S/c1-10-11-29-73-90(128)109(7)50-78(116)101-69(46-80(118)119)86(124)107-81(54(4)5)92(130)110(8)74(43-56-23-16-13-17-24-56)87(125)105-70(42-58-32-36-63(113)37-33-58)88(126)108(6)49-77(115)100-68(45-60-47-98-65-28-19-18-27-64(60)65)85(123)104-67(40-57-30-34-61(35-31-57)93(94,95)96)84(122)103-66(38-53(2)3)83(121)106-72(82(120)99-48-76(97)114)51-131-52-79(117)102-71(41-55-21-14-12-15-22-55)89(127)111(9)75-44-59-25-20-26-62(39-59)112(73)91(75)129/h12-28,30-37,39,47,53-54,66-75,81,98,113H,10-11,29,38,40-46,48-52H2,1-9H3,(H2,97,114)(H,99,120)(H,100,115)(H,101,116)(H,102,117)(H,103,122)(H,104,123)(H,105,125)(H,106,121)(H,107,124)(H,118,119)/t66-,67-,68-,69-,70-,71-,72-,73-,74-,75-,81-/m0/s1. The van der Waals surface area contributed by atoms with Crippen LogP contribution in [-0.4, -0.2) is 255 Å². The topological polar surface area (TPSA) is 480 Å². The number of nitrogens with one attached hydrogen (secondary N) is 10. The number of rotatable bonds is 21. The number of carbonyl (C=O) groups is 16. The Morgan fingerprint density at radius 2 is 1.06 bits per heavy atom. The van der Waals surface area contributed by atoms with Crippen molar-refractivity contribution < 1.29 is 100 Å². The number of primary amides is 1. The molecule has 0 aliphatic carbocycles. The number of thioether (sulfide) groups is 1. The molecule has 14 N–H and O–H groups in total. The van der Waals surface area contributed by atoms with Gasteiger partial charge in [0.1, 0.15) is 72.2 Å². The van der Waals surface area contributed by atoms with Crippen molar-refractivity contribution in [1.29, 1.82) is 0 Å². The van der Waals surface area contributed by atoms with Gasteiger partial charge in [-0.15, -0.1) is 11.8 Å². The van der Waals surface area contributed by atoms with Gasteiger partial charge in [-0.25, -0.2) is 0 Å². The second kappa shape index (κ2) is 47.1. The minimum Gasteiger partial charge on any atom is -0.508 e. The number of nitrogens with zero attached hydrogens (tertiary/aromatic N) is 5. The first kappa shape index (κ1) is 101. The monoisotopic (exact) mass is 1830 g/mol. The highest BCUT2D eigenvalue weighted by Gasteiger charge is 2.45. The van der Waals surface area contributed by atoms with Crippen LogP contribution >= 0.6 is 11.8 Å². The Bertz CT molecular complexity index is 5260. The molecule has 7 aromatic rings. The zero-order valence-corrected chi connectivity index (χ0v) is 75.0. The lowest BCUT2D eigenvalue weighted by Crippen LogP contribution is -2.61. The summed E-state index contributed by atoms with van der Waals surface area (Å²) in [6.07, 6.45) is -5.41. The number of aromatic amines is 1. The minimum absolute atomic E-state index is 0.00134. The number of halogens is 3. The number of amides is 15. The van der Waals surface area contributed by atoms with Gasteiger partial charge >= 0.3 is 12.1 Å². The number of aromatic hydroxyl groups is 1. The van der Waals surface area contributed by atoms with Crippen molar-refractivity contribution >= 4 is 123 Å². The second-order valence-corrected chi connectivity index (χ2v) is 34.6. The molecule has 9 rings (SSSR count). The first-order chi connectivity index (χ1) is 62.2. The number of alkyl halides is 3. The third-order valence-corrected chi connectivity index (χ3v) is 23.5. The van der Waals surface area contributed by atoms with Crippen LogP contribution in [0.1, 0.15) is 106 Å². The Balaban J connectivity index is 1.12. The molecule has 0 saturated carbocycles. The number of fused-ring (bicyclic) bond motifs is 6. The van der Waals surface area contributed by atoms with E-state index < -0.39 is 229 Å². The molecule has 1 saturated heterocycles. The number of aromatic nitrogens is 1. The Morgan fingerprint density at radius 1 is 0.534 bits per heavy atom. The SMILES string of the molecule is CCCC[C@H]1C(=O)N(C)CC(=O)N[C@@H](CC(=O)O)C(=O)N[C@@H](C(C)C)C(=O)N(C)[C@@H](Cc2ccccc2)C(=O)N[C@@H](Cc2ccc(O)cc2)C(=O)N(C)CC(=O)N[C@@H](Cc2c[nH]c3ccccc23)C(=O)N[C@@H](Cc2ccc(C(F)(F)F)cc2)C(=O)N[C@@H](CC(C)C)C(=O)N[C@H](C(=O)NCC(N)=O)CSCC(=O)N[C@@H](Cc2ccccc2)C(=O)N(C)[C@H]2Cc3cccc(c3)N1C2=O. The molecule has 2 aliphatic rings. The summed E-state index contributed by atoms with van der Waals surface area (Å²) in [4.78, 5) is 244. The molecule has 1 fully saturated rings. The Labute approximate surface area is 760 Å². The molecular formula is C93H113F3N16O18S. The van der Waals surface area contributed by atoms with Crippen LogP contribution in [0.15, 0.2) is 164 Å². The molecule has 131 heavy (non-hydrogen) atoms. The fourth-order valence-electron chi connectivity index (χ4n) is 15.5. The zero-order valence-electron chi connectivity index (χ0n) is 74.2. The van der Waals surface area contributed by atoms with Crippen LogP contribution in [0.25, 0.3) is 10.9 Å². The van der Waals surface area contributed by atoms with Gasteiger partial charge in [0, 0.05) is 95.3 Å². The van der Waals surface area contributed by atoms with E-state index in [2.05, 4.69) is 52.8 Å². The van der Waals surface area contributed by atoms with Crippen molar-refractivity contribution in [3.63, 3.8) is 0 Å². The number of H-pyrrole nitrogens is 1.